The molecule has 1 heterocycles. The maximum atomic E-state index is 13.2. The molecule has 170 valence electrons. The number of primary sulfonamides is 1. The van der Waals surface area contributed by atoms with Crippen molar-refractivity contribution in [3.8, 4) is 11.8 Å². The van der Waals surface area contributed by atoms with E-state index in [9.17, 15) is 13.2 Å². The van der Waals surface area contributed by atoms with Crippen LogP contribution < -0.4 is 5.14 Å². The zero-order valence-electron chi connectivity index (χ0n) is 18.7. The number of carbonyl (C=O) groups excluding carboxylic acids is 1. The van der Waals surface area contributed by atoms with Gasteiger partial charge in [-0.05, 0) is 61.9 Å². The molecular formula is C25H26N4O3S. The lowest BCUT2D eigenvalue weighted by Crippen LogP contribution is -2.30. The highest BCUT2D eigenvalue weighted by atomic mass is 32.2. The molecule has 0 aliphatic heterocycles. The number of ketones is 1. The second kappa shape index (κ2) is 9.96. The minimum absolute atomic E-state index is 0.0329. The number of carbonyl (C=O) groups is 1. The Morgan fingerprint density at radius 2 is 1.88 bits per heavy atom. The van der Waals surface area contributed by atoms with E-state index in [1.165, 1.54) is 12.1 Å². The fourth-order valence-corrected chi connectivity index (χ4v) is 4.40. The Morgan fingerprint density at radius 1 is 1.18 bits per heavy atom. The molecule has 7 nitrogen and oxygen atoms in total. The first-order valence-electron chi connectivity index (χ1n) is 10.3. The van der Waals surface area contributed by atoms with Crippen molar-refractivity contribution in [1.29, 1.82) is 5.26 Å². The molecule has 3 rings (SSSR count). The van der Waals surface area contributed by atoms with Crippen LogP contribution in [0.3, 0.4) is 0 Å². The summed E-state index contributed by atoms with van der Waals surface area (Å²) in [5, 5.41) is 14.3. The molecule has 2 aromatic carbocycles. The molecule has 33 heavy (non-hydrogen) atoms. The molecule has 0 spiro atoms. The van der Waals surface area contributed by atoms with E-state index in [0.29, 0.717) is 24.2 Å². The first kappa shape index (κ1) is 24.1. The molecule has 3 aromatic rings. The number of benzene rings is 2. The van der Waals surface area contributed by atoms with Crippen LogP contribution in [0.4, 0.5) is 0 Å². The zero-order valence-corrected chi connectivity index (χ0v) is 19.5. The average molecular weight is 463 g/mol. The quantitative estimate of drug-likeness (QED) is 0.387. The number of aryl methyl sites for hydroxylation is 1. The van der Waals surface area contributed by atoms with E-state index >= 15 is 0 Å². The van der Waals surface area contributed by atoms with Gasteiger partial charge < -0.3 is 4.57 Å². The Kier molecular flexibility index (Phi) is 7.29. The third-order valence-corrected chi connectivity index (χ3v) is 6.30. The predicted octanol–water partition coefficient (Wildman–Crippen LogP) is 3.48. The van der Waals surface area contributed by atoms with Gasteiger partial charge in [-0.15, -0.1) is 6.58 Å². The molecule has 0 unspecified atom stereocenters. The Bertz CT molecular complexity index is 1330. The molecule has 0 saturated carbocycles. The lowest BCUT2D eigenvalue weighted by Gasteiger charge is -2.20. The van der Waals surface area contributed by atoms with Gasteiger partial charge in [0, 0.05) is 35.7 Å². The molecule has 0 saturated heterocycles. The summed E-state index contributed by atoms with van der Waals surface area (Å²) in [7, 11) is -3.77. The van der Waals surface area contributed by atoms with Crippen molar-refractivity contribution < 1.29 is 13.2 Å². The summed E-state index contributed by atoms with van der Waals surface area (Å²) < 4.78 is 25.0. The molecular weight excluding hydrogens is 436 g/mol. The number of rotatable bonds is 9. The summed E-state index contributed by atoms with van der Waals surface area (Å²) >= 11 is 0. The number of hydrogen-bond donors (Lipinski definition) is 1. The largest absolute Gasteiger partial charge is 0.318 e. The van der Waals surface area contributed by atoms with Gasteiger partial charge in [0.25, 0.3) is 0 Å². The molecule has 0 fully saturated rings. The van der Waals surface area contributed by atoms with Crippen LogP contribution in [0.1, 0.15) is 32.9 Å². The van der Waals surface area contributed by atoms with E-state index in [4.69, 9.17) is 10.4 Å². The lowest BCUT2D eigenvalue weighted by molar-refractivity contribution is 0.0933. The third kappa shape index (κ3) is 5.65. The molecule has 0 aliphatic carbocycles. The summed E-state index contributed by atoms with van der Waals surface area (Å²) in [4.78, 5) is 15.2. The number of hydrogen-bond acceptors (Lipinski definition) is 5. The summed E-state index contributed by atoms with van der Waals surface area (Å²) in [5.74, 6) is -0.0335. The Labute approximate surface area is 194 Å². The van der Waals surface area contributed by atoms with Gasteiger partial charge in [-0.2, -0.15) is 5.26 Å². The van der Waals surface area contributed by atoms with E-state index in [1.807, 2.05) is 47.6 Å². The van der Waals surface area contributed by atoms with Crippen molar-refractivity contribution in [1.82, 2.24) is 9.47 Å². The first-order valence-corrected chi connectivity index (χ1v) is 11.9. The highest BCUT2D eigenvalue weighted by molar-refractivity contribution is 7.89. The minimum atomic E-state index is -3.77. The van der Waals surface area contributed by atoms with E-state index in [0.717, 1.165) is 22.6 Å². The van der Waals surface area contributed by atoms with E-state index in [2.05, 4.69) is 12.6 Å². The fourth-order valence-electron chi connectivity index (χ4n) is 3.88. The van der Waals surface area contributed by atoms with Gasteiger partial charge in [0.05, 0.1) is 23.1 Å². The Hall–Kier alpha value is -3.51. The summed E-state index contributed by atoms with van der Waals surface area (Å²) in [6, 6.07) is 17.5. The van der Waals surface area contributed by atoms with Crippen LogP contribution in [0.25, 0.3) is 5.69 Å². The second-order valence-electron chi connectivity index (χ2n) is 7.85. The smallest absolute Gasteiger partial charge is 0.238 e. The highest BCUT2D eigenvalue weighted by Gasteiger charge is 2.19. The summed E-state index contributed by atoms with van der Waals surface area (Å²) in [5.41, 5.74) is 4.50. The molecule has 0 radical (unpaired) electrons. The monoisotopic (exact) mass is 462 g/mol. The van der Waals surface area contributed by atoms with Crippen LogP contribution in [-0.2, 0) is 16.6 Å². The minimum Gasteiger partial charge on any atom is -0.318 e. The van der Waals surface area contributed by atoms with Crippen molar-refractivity contribution in [2.75, 3.05) is 13.1 Å². The molecule has 2 N–H and O–H groups in total. The van der Waals surface area contributed by atoms with Gasteiger partial charge in [-0.25, -0.2) is 13.6 Å². The SMILES string of the molecule is C=CCN(CC(=O)c1cc(C)n(-c2ccc(S(N)(=O)=O)cc2)c1C)Cc1cccc(C#N)c1. The van der Waals surface area contributed by atoms with Gasteiger partial charge in [-0.3, -0.25) is 9.69 Å². The van der Waals surface area contributed by atoms with E-state index in [1.54, 1.807) is 24.3 Å². The maximum Gasteiger partial charge on any atom is 0.238 e. The van der Waals surface area contributed by atoms with Crippen LogP contribution in [-0.4, -0.2) is 36.8 Å². The normalized spacial score (nSPS) is 11.4. The van der Waals surface area contributed by atoms with Crippen molar-refractivity contribution in [2.45, 2.75) is 25.3 Å². The van der Waals surface area contributed by atoms with E-state index in [-0.39, 0.29) is 17.2 Å². The number of nitriles is 1. The first-order chi connectivity index (χ1) is 15.6. The van der Waals surface area contributed by atoms with Gasteiger partial charge in [0.15, 0.2) is 5.78 Å². The van der Waals surface area contributed by atoms with Crippen LogP contribution in [0, 0.1) is 25.2 Å². The Morgan fingerprint density at radius 3 is 2.48 bits per heavy atom. The fraction of sp³-hybridized carbons (Fsp3) is 0.200. The lowest BCUT2D eigenvalue weighted by atomic mass is 10.1. The van der Waals surface area contributed by atoms with Gasteiger partial charge in [0.1, 0.15) is 0 Å². The number of nitrogens with zero attached hydrogens (tertiary/aromatic N) is 3. The molecule has 0 atom stereocenters. The maximum absolute atomic E-state index is 13.2. The van der Waals surface area contributed by atoms with Gasteiger partial charge in [0.2, 0.25) is 10.0 Å². The molecule has 0 amide bonds. The average Bonchev–Trinajstić information content (AvgIpc) is 3.07. The van der Waals surface area contributed by atoms with Crippen molar-refractivity contribution >= 4 is 15.8 Å². The van der Waals surface area contributed by atoms with Gasteiger partial charge in [-0.1, -0.05) is 18.2 Å². The summed E-state index contributed by atoms with van der Waals surface area (Å²) in [6.45, 7) is 8.78. The number of nitrogens with two attached hydrogens (primary N) is 1. The summed E-state index contributed by atoms with van der Waals surface area (Å²) in [6.07, 6.45) is 1.75. The van der Waals surface area contributed by atoms with Crippen molar-refractivity contribution in [3.05, 3.63) is 95.3 Å². The Balaban J connectivity index is 1.84. The van der Waals surface area contributed by atoms with Crippen LogP contribution in [0.15, 0.2) is 72.1 Å². The molecule has 8 heteroatoms. The predicted molar refractivity (Wildman–Crippen MR) is 128 cm³/mol. The zero-order chi connectivity index (χ0) is 24.2. The molecule has 0 bridgehead atoms. The van der Waals surface area contributed by atoms with E-state index < -0.39 is 10.0 Å². The van der Waals surface area contributed by atoms with Crippen molar-refractivity contribution in [3.63, 3.8) is 0 Å². The highest BCUT2D eigenvalue weighted by Crippen LogP contribution is 2.23. The number of sulfonamides is 1. The van der Waals surface area contributed by atoms with Crippen molar-refractivity contribution in [2.24, 2.45) is 5.14 Å². The number of Topliss-reactive ketones (excluding diaryl/α,β-unsaturated/α-hetero) is 1. The standard InChI is InChI=1S/C25H26N4O3S/c1-4-12-28(16-21-7-5-6-20(14-21)15-26)17-25(30)24-13-18(2)29(19(24)3)22-8-10-23(11-9-22)33(27,31)32/h4-11,13-14H,1,12,16-17H2,2-3H3,(H2,27,31,32). The van der Waals surface area contributed by atoms with Crippen LogP contribution in [0.5, 0.6) is 0 Å². The third-order valence-electron chi connectivity index (χ3n) is 5.37. The molecule has 0 aliphatic rings. The van der Waals surface area contributed by atoms with Crippen LogP contribution in [0.2, 0.25) is 0 Å². The van der Waals surface area contributed by atoms with Gasteiger partial charge >= 0.3 is 0 Å². The molecule has 1 aromatic heterocycles. The second-order valence-corrected chi connectivity index (χ2v) is 9.41. The number of aromatic nitrogens is 1. The topological polar surface area (TPSA) is 109 Å². The van der Waals surface area contributed by atoms with Crippen LogP contribution >= 0.6 is 0 Å².